The molecular weight excluding hydrogens is 465 g/mol. The minimum atomic E-state index is -4.45. The lowest BCUT2D eigenvalue weighted by Crippen LogP contribution is -2.25. The van der Waals surface area contributed by atoms with Crippen molar-refractivity contribution >= 4 is 17.7 Å². The quantitative estimate of drug-likeness (QED) is 0.354. The second-order valence-corrected chi connectivity index (χ2v) is 9.15. The van der Waals surface area contributed by atoms with Crippen LogP contribution in [0.2, 0.25) is 0 Å². The van der Waals surface area contributed by atoms with Crippen molar-refractivity contribution in [2.24, 2.45) is 0 Å². The average Bonchev–Trinajstić information content (AvgIpc) is 3.55. The molecule has 0 radical (unpaired) electrons. The summed E-state index contributed by atoms with van der Waals surface area (Å²) in [6.07, 6.45) is 5.07. The fourth-order valence-corrected chi connectivity index (χ4v) is 4.97. The maximum absolute atomic E-state index is 13.0. The first-order valence-corrected chi connectivity index (χ1v) is 12.5. The van der Waals surface area contributed by atoms with E-state index in [2.05, 4.69) is 25.2 Å². The maximum atomic E-state index is 13.0. The Bertz CT molecular complexity index is 1150. The molecule has 11 heteroatoms. The Morgan fingerprint density at radius 3 is 2.71 bits per heavy atom. The van der Waals surface area contributed by atoms with Crippen molar-refractivity contribution in [1.82, 2.24) is 29.9 Å². The number of carbonyl (C=O) groups excluding carboxylic acids is 1. The van der Waals surface area contributed by atoms with Crippen LogP contribution in [0, 0.1) is 6.92 Å². The molecule has 1 aliphatic rings. The van der Waals surface area contributed by atoms with E-state index in [1.54, 1.807) is 18.7 Å². The Morgan fingerprint density at radius 2 is 2.00 bits per heavy atom. The van der Waals surface area contributed by atoms with Gasteiger partial charge < -0.3 is 9.88 Å². The molecule has 0 aliphatic heterocycles. The third-order valence-electron chi connectivity index (χ3n) is 6.14. The minimum Gasteiger partial charge on any atom is -0.352 e. The molecule has 34 heavy (non-hydrogen) atoms. The first kappa shape index (κ1) is 24.3. The second-order valence-electron chi connectivity index (χ2n) is 8.37. The summed E-state index contributed by atoms with van der Waals surface area (Å²) in [5, 5.41) is 16.6. The zero-order valence-corrected chi connectivity index (χ0v) is 19.9. The number of thioether (sulfide) groups is 1. The first-order chi connectivity index (χ1) is 16.3. The van der Waals surface area contributed by atoms with Gasteiger partial charge in [-0.1, -0.05) is 30.7 Å². The van der Waals surface area contributed by atoms with Crippen LogP contribution in [-0.2, 0) is 12.6 Å². The predicted molar refractivity (Wildman–Crippen MR) is 123 cm³/mol. The number of nitrogens with one attached hydrogen (secondary N) is 1. The number of nitrogens with zero attached hydrogens (tertiary/aromatic N) is 5. The van der Waals surface area contributed by atoms with Crippen molar-refractivity contribution in [3.63, 3.8) is 0 Å². The van der Waals surface area contributed by atoms with Gasteiger partial charge in [0.1, 0.15) is 5.82 Å². The molecule has 2 aromatic heterocycles. The summed E-state index contributed by atoms with van der Waals surface area (Å²) >= 11 is 1.60. The molecule has 1 aromatic carbocycles. The third-order valence-corrected chi connectivity index (χ3v) is 6.79. The van der Waals surface area contributed by atoms with Crippen LogP contribution >= 0.6 is 11.8 Å². The molecule has 1 amide bonds. The molecule has 1 saturated carbocycles. The van der Waals surface area contributed by atoms with Crippen LogP contribution in [0.25, 0.3) is 5.69 Å². The summed E-state index contributed by atoms with van der Waals surface area (Å²) in [6, 6.07) is 5.33. The van der Waals surface area contributed by atoms with E-state index in [1.807, 2.05) is 6.26 Å². The fraction of sp³-hybridized carbons (Fsp3) is 0.478. The van der Waals surface area contributed by atoms with Crippen LogP contribution in [0.1, 0.15) is 65.6 Å². The molecule has 7 nitrogen and oxygen atoms in total. The van der Waals surface area contributed by atoms with Crippen molar-refractivity contribution < 1.29 is 18.0 Å². The monoisotopic (exact) mass is 492 g/mol. The number of rotatable bonds is 8. The number of halogens is 3. The highest BCUT2D eigenvalue weighted by Gasteiger charge is 2.31. The predicted octanol–water partition coefficient (Wildman–Crippen LogP) is 4.99. The Morgan fingerprint density at radius 1 is 1.24 bits per heavy atom. The fourth-order valence-electron chi connectivity index (χ4n) is 4.40. The molecule has 1 fully saturated rings. The highest BCUT2D eigenvalue weighted by molar-refractivity contribution is 7.98. The van der Waals surface area contributed by atoms with E-state index in [9.17, 15) is 18.0 Å². The highest BCUT2D eigenvalue weighted by Crippen LogP contribution is 2.33. The lowest BCUT2D eigenvalue weighted by atomic mass is 10.2. The van der Waals surface area contributed by atoms with Gasteiger partial charge in [-0.15, -0.1) is 10.2 Å². The molecule has 2 heterocycles. The number of alkyl halides is 3. The third kappa shape index (κ3) is 5.13. The summed E-state index contributed by atoms with van der Waals surface area (Å²) in [5.41, 5.74) is 0.293. The number of aromatic nitrogens is 5. The van der Waals surface area contributed by atoms with Gasteiger partial charge in [-0.2, -0.15) is 18.3 Å². The van der Waals surface area contributed by atoms with E-state index in [-0.39, 0.29) is 11.6 Å². The molecule has 0 bridgehead atoms. The van der Waals surface area contributed by atoms with Crippen molar-refractivity contribution in [3.05, 3.63) is 53.1 Å². The van der Waals surface area contributed by atoms with Crippen molar-refractivity contribution in [2.45, 2.75) is 62.8 Å². The van der Waals surface area contributed by atoms with E-state index < -0.39 is 11.7 Å². The summed E-state index contributed by atoms with van der Waals surface area (Å²) in [4.78, 5) is 12.7. The van der Waals surface area contributed by atoms with E-state index in [0.717, 1.165) is 36.0 Å². The Kier molecular flexibility index (Phi) is 7.30. The Balaban J connectivity index is 1.37. The Hall–Kier alpha value is -2.82. The number of hydrogen-bond donors (Lipinski definition) is 1. The lowest BCUT2D eigenvalue weighted by Gasteiger charge is -2.16. The molecule has 0 saturated heterocycles. The van der Waals surface area contributed by atoms with Crippen LogP contribution < -0.4 is 5.32 Å². The molecule has 0 atom stereocenters. The number of amides is 1. The van der Waals surface area contributed by atoms with Crippen molar-refractivity contribution in [3.8, 4) is 5.69 Å². The van der Waals surface area contributed by atoms with Crippen LogP contribution in [0.3, 0.4) is 0 Å². The summed E-state index contributed by atoms with van der Waals surface area (Å²) in [7, 11) is 0. The number of benzene rings is 1. The largest absolute Gasteiger partial charge is 0.416 e. The van der Waals surface area contributed by atoms with Crippen molar-refractivity contribution in [2.75, 3.05) is 12.8 Å². The van der Waals surface area contributed by atoms with Gasteiger partial charge >= 0.3 is 6.18 Å². The standard InChI is InChI=1S/C23H27F3N6OS/c1-15-19(14-28-32(15)18-10-5-7-16(13-18)23(24,25)26)21(33)27-12-6-11-20-29-30-22(34-2)31(20)17-8-3-4-9-17/h5,7,10,13-14,17H,3-4,6,8-9,11-12H2,1-2H3,(H,27,33). The van der Waals surface area contributed by atoms with E-state index in [1.165, 1.54) is 35.9 Å². The number of hydrogen-bond acceptors (Lipinski definition) is 5. The van der Waals surface area contributed by atoms with Crippen LogP contribution in [0.5, 0.6) is 0 Å². The molecule has 0 spiro atoms. The van der Waals surface area contributed by atoms with Gasteiger partial charge in [0.25, 0.3) is 5.91 Å². The van der Waals surface area contributed by atoms with Gasteiger partial charge in [0.2, 0.25) is 0 Å². The van der Waals surface area contributed by atoms with Gasteiger partial charge in [-0.3, -0.25) is 4.79 Å². The summed E-state index contributed by atoms with van der Waals surface area (Å²) in [5.74, 6) is 0.636. The summed E-state index contributed by atoms with van der Waals surface area (Å²) < 4.78 is 42.7. The minimum absolute atomic E-state index is 0.252. The van der Waals surface area contributed by atoms with E-state index in [0.29, 0.717) is 36.7 Å². The molecule has 4 rings (SSSR count). The lowest BCUT2D eigenvalue weighted by molar-refractivity contribution is -0.137. The molecular formula is C23H27F3N6OS. The molecule has 0 unspecified atom stereocenters. The smallest absolute Gasteiger partial charge is 0.352 e. The van der Waals surface area contributed by atoms with Crippen LogP contribution in [-0.4, -0.2) is 43.3 Å². The average molecular weight is 493 g/mol. The van der Waals surface area contributed by atoms with Crippen molar-refractivity contribution in [1.29, 1.82) is 0 Å². The van der Waals surface area contributed by atoms with Gasteiger partial charge in [0.05, 0.1) is 28.7 Å². The molecule has 3 aromatic rings. The van der Waals surface area contributed by atoms with Crippen LogP contribution in [0.15, 0.2) is 35.6 Å². The topological polar surface area (TPSA) is 77.6 Å². The molecule has 182 valence electrons. The number of carbonyl (C=O) groups is 1. The molecule has 1 aliphatic carbocycles. The maximum Gasteiger partial charge on any atom is 0.416 e. The van der Waals surface area contributed by atoms with Gasteiger partial charge in [0, 0.05) is 19.0 Å². The van der Waals surface area contributed by atoms with E-state index in [4.69, 9.17) is 0 Å². The zero-order valence-electron chi connectivity index (χ0n) is 19.1. The highest BCUT2D eigenvalue weighted by atomic mass is 32.2. The Labute approximate surface area is 200 Å². The van der Waals surface area contributed by atoms with Gasteiger partial charge in [0.15, 0.2) is 5.16 Å². The first-order valence-electron chi connectivity index (χ1n) is 11.3. The second kappa shape index (κ2) is 10.2. The molecule has 1 N–H and O–H groups in total. The normalized spacial score (nSPS) is 14.6. The SMILES string of the molecule is CSc1nnc(CCCNC(=O)c2cnn(-c3cccc(C(F)(F)F)c3)c2C)n1C1CCCC1. The summed E-state index contributed by atoms with van der Waals surface area (Å²) in [6.45, 7) is 2.11. The zero-order chi connectivity index (χ0) is 24.3. The van der Waals surface area contributed by atoms with Gasteiger partial charge in [-0.25, -0.2) is 4.68 Å². The van der Waals surface area contributed by atoms with E-state index >= 15 is 0 Å². The number of aryl methyl sites for hydroxylation is 1. The van der Waals surface area contributed by atoms with Crippen LogP contribution in [0.4, 0.5) is 13.2 Å². The van der Waals surface area contributed by atoms with Gasteiger partial charge in [-0.05, 0) is 50.6 Å².